The SMILES string of the molecule is O=Cc1ccccc1OC(=O)CO[N+](=O)[O-]. The smallest absolute Gasteiger partial charge is 0.337 e. The van der Waals surface area contributed by atoms with Crippen molar-refractivity contribution in [2.24, 2.45) is 0 Å². The van der Waals surface area contributed by atoms with Crippen molar-refractivity contribution in [1.29, 1.82) is 0 Å². The van der Waals surface area contributed by atoms with Crippen molar-refractivity contribution >= 4 is 12.3 Å². The normalized spacial score (nSPS) is 9.25. The second-order valence-corrected chi connectivity index (χ2v) is 2.63. The van der Waals surface area contributed by atoms with Crippen LogP contribution in [0, 0.1) is 10.1 Å². The minimum Gasteiger partial charge on any atom is -0.424 e. The van der Waals surface area contributed by atoms with Crippen molar-refractivity contribution in [1.82, 2.24) is 0 Å². The van der Waals surface area contributed by atoms with Gasteiger partial charge in [0, 0.05) is 0 Å². The van der Waals surface area contributed by atoms with Gasteiger partial charge in [-0.15, -0.1) is 10.1 Å². The molecule has 0 saturated heterocycles. The second-order valence-electron chi connectivity index (χ2n) is 2.63. The molecule has 0 radical (unpaired) electrons. The lowest BCUT2D eigenvalue weighted by Crippen LogP contribution is -2.18. The van der Waals surface area contributed by atoms with E-state index in [0.29, 0.717) is 6.29 Å². The Morgan fingerprint density at radius 1 is 1.44 bits per heavy atom. The lowest BCUT2D eigenvalue weighted by atomic mass is 10.2. The third-order valence-corrected chi connectivity index (χ3v) is 1.56. The summed E-state index contributed by atoms with van der Waals surface area (Å²) in [7, 11) is 0. The van der Waals surface area contributed by atoms with E-state index < -0.39 is 17.7 Å². The fraction of sp³-hybridized carbons (Fsp3) is 0.111. The summed E-state index contributed by atoms with van der Waals surface area (Å²) < 4.78 is 4.69. The molecule has 0 spiro atoms. The van der Waals surface area contributed by atoms with Crippen LogP contribution in [0.25, 0.3) is 0 Å². The number of hydrogen-bond acceptors (Lipinski definition) is 6. The van der Waals surface area contributed by atoms with E-state index in [4.69, 9.17) is 0 Å². The topological polar surface area (TPSA) is 95.7 Å². The van der Waals surface area contributed by atoms with Crippen LogP contribution < -0.4 is 4.74 Å². The van der Waals surface area contributed by atoms with E-state index in [1.54, 1.807) is 12.1 Å². The van der Waals surface area contributed by atoms with E-state index in [1.807, 2.05) is 0 Å². The molecule has 0 aromatic heterocycles. The van der Waals surface area contributed by atoms with Gasteiger partial charge in [-0.2, -0.15) is 0 Å². The number of carbonyl (C=O) groups excluding carboxylic acids is 2. The van der Waals surface area contributed by atoms with Gasteiger partial charge in [0.25, 0.3) is 5.09 Å². The van der Waals surface area contributed by atoms with Gasteiger partial charge >= 0.3 is 5.97 Å². The van der Waals surface area contributed by atoms with Gasteiger partial charge in [-0.1, -0.05) is 12.1 Å². The van der Waals surface area contributed by atoms with Crippen LogP contribution in [0.5, 0.6) is 5.75 Å². The maximum absolute atomic E-state index is 11.0. The van der Waals surface area contributed by atoms with Crippen molar-refractivity contribution < 1.29 is 24.3 Å². The van der Waals surface area contributed by atoms with Crippen LogP contribution in [0.4, 0.5) is 0 Å². The van der Waals surface area contributed by atoms with Gasteiger partial charge in [0.15, 0.2) is 12.9 Å². The van der Waals surface area contributed by atoms with Gasteiger partial charge in [0.1, 0.15) is 5.75 Å². The predicted molar refractivity (Wildman–Crippen MR) is 50.4 cm³/mol. The molecule has 7 heteroatoms. The van der Waals surface area contributed by atoms with E-state index in [1.165, 1.54) is 12.1 Å². The molecule has 0 aliphatic rings. The average molecular weight is 225 g/mol. The Morgan fingerprint density at radius 3 is 2.75 bits per heavy atom. The van der Waals surface area contributed by atoms with Crippen LogP contribution in [-0.2, 0) is 9.63 Å². The molecule has 84 valence electrons. The molecule has 0 unspecified atom stereocenters. The zero-order valence-corrected chi connectivity index (χ0v) is 7.99. The molecule has 0 fully saturated rings. The molecule has 16 heavy (non-hydrogen) atoms. The van der Waals surface area contributed by atoms with Gasteiger partial charge in [0.2, 0.25) is 0 Å². The van der Waals surface area contributed by atoms with Gasteiger partial charge < -0.3 is 9.57 Å². The summed E-state index contributed by atoms with van der Waals surface area (Å²) in [6, 6.07) is 6.00. The summed E-state index contributed by atoms with van der Waals surface area (Å²) in [5, 5.41) is 8.69. The van der Waals surface area contributed by atoms with Crippen molar-refractivity contribution in [3.63, 3.8) is 0 Å². The Balaban J connectivity index is 2.62. The average Bonchev–Trinajstić information content (AvgIpc) is 2.27. The third kappa shape index (κ3) is 3.37. The first-order chi connectivity index (χ1) is 7.63. The summed E-state index contributed by atoms with van der Waals surface area (Å²) in [6.45, 7) is -0.819. The Hall–Kier alpha value is -2.44. The van der Waals surface area contributed by atoms with Gasteiger partial charge in [-0.05, 0) is 12.1 Å². The number of nitrogens with zero attached hydrogens (tertiary/aromatic N) is 1. The van der Waals surface area contributed by atoms with Crippen LogP contribution >= 0.6 is 0 Å². The predicted octanol–water partition coefficient (Wildman–Crippen LogP) is 0.613. The molecule has 7 nitrogen and oxygen atoms in total. The number of carbonyl (C=O) groups is 2. The van der Waals surface area contributed by atoms with Crippen LogP contribution in [-0.4, -0.2) is 23.9 Å². The molecule has 1 rings (SSSR count). The number of ether oxygens (including phenoxy) is 1. The van der Waals surface area contributed by atoms with E-state index in [2.05, 4.69) is 9.57 Å². The lowest BCUT2D eigenvalue weighted by Gasteiger charge is -2.04. The number of hydrogen-bond donors (Lipinski definition) is 0. The molecule has 0 N–H and O–H groups in total. The van der Waals surface area contributed by atoms with Crippen LogP contribution in [0.2, 0.25) is 0 Å². The molecule has 0 aliphatic heterocycles. The van der Waals surface area contributed by atoms with Crippen LogP contribution in [0.1, 0.15) is 10.4 Å². The first-order valence-electron chi connectivity index (χ1n) is 4.15. The third-order valence-electron chi connectivity index (χ3n) is 1.56. The fourth-order valence-corrected chi connectivity index (χ4v) is 0.928. The molecule has 1 aromatic rings. The van der Waals surface area contributed by atoms with Crippen molar-refractivity contribution in [3.05, 3.63) is 39.9 Å². The monoisotopic (exact) mass is 225 g/mol. The molecule has 0 atom stereocenters. The number of rotatable bonds is 5. The summed E-state index contributed by atoms with van der Waals surface area (Å²) in [5.41, 5.74) is 0.178. The quantitative estimate of drug-likeness (QED) is 0.239. The van der Waals surface area contributed by atoms with E-state index in [0.717, 1.165) is 0 Å². The minimum absolute atomic E-state index is 0.0365. The maximum Gasteiger partial charge on any atom is 0.337 e. The largest absolute Gasteiger partial charge is 0.424 e. The molecule has 0 heterocycles. The lowest BCUT2D eigenvalue weighted by molar-refractivity contribution is -0.754. The summed E-state index contributed by atoms with van der Waals surface area (Å²) >= 11 is 0. The number of para-hydroxylation sites is 1. The summed E-state index contributed by atoms with van der Waals surface area (Å²) in [5.74, 6) is -0.916. The van der Waals surface area contributed by atoms with Gasteiger partial charge in [-0.3, -0.25) is 4.79 Å². The first-order valence-corrected chi connectivity index (χ1v) is 4.15. The molecule has 1 aromatic carbocycles. The van der Waals surface area contributed by atoms with Crippen LogP contribution in [0.15, 0.2) is 24.3 Å². The molecular weight excluding hydrogens is 218 g/mol. The Bertz CT molecular complexity index is 416. The van der Waals surface area contributed by atoms with E-state index in [-0.39, 0.29) is 11.3 Å². The molecule has 0 saturated carbocycles. The highest BCUT2D eigenvalue weighted by Gasteiger charge is 2.10. The van der Waals surface area contributed by atoms with E-state index in [9.17, 15) is 19.7 Å². The minimum atomic E-state index is -1.10. The van der Waals surface area contributed by atoms with Gasteiger partial charge in [-0.25, -0.2) is 4.79 Å². The highest BCUT2D eigenvalue weighted by Crippen LogP contribution is 2.15. The van der Waals surface area contributed by atoms with Crippen LogP contribution in [0.3, 0.4) is 0 Å². The van der Waals surface area contributed by atoms with Gasteiger partial charge in [0.05, 0.1) is 5.56 Å². The maximum atomic E-state index is 11.0. The first kappa shape index (κ1) is 11.6. The Labute approximate surface area is 89.7 Å². The number of aldehydes is 1. The number of esters is 1. The Kier molecular flexibility index (Phi) is 3.96. The highest BCUT2D eigenvalue weighted by atomic mass is 17.0. The zero-order chi connectivity index (χ0) is 12.0. The molecule has 0 aliphatic carbocycles. The second kappa shape index (κ2) is 5.44. The molecule has 0 amide bonds. The molecular formula is C9H7NO6. The summed E-state index contributed by atoms with van der Waals surface area (Å²) in [4.78, 5) is 35.2. The van der Waals surface area contributed by atoms with Crippen molar-refractivity contribution in [3.8, 4) is 5.75 Å². The van der Waals surface area contributed by atoms with Crippen molar-refractivity contribution in [2.45, 2.75) is 0 Å². The van der Waals surface area contributed by atoms with E-state index >= 15 is 0 Å². The highest BCUT2D eigenvalue weighted by molar-refractivity contribution is 5.82. The fourth-order valence-electron chi connectivity index (χ4n) is 0.928. The summed E-state index contributed by atoms with van der Waals surface area (Å²) in [6.07, 6.45) is 0.511. The number of benzene rings is 1. The molecule has 0 bridgehead atoms. The van der Waals surface area contributed by atoms with Crippen molar-refractivity contribution in [2.75, 3.05) is 6.61 Å². The zero-order valence-electron chi connectivity index (χ0n) is 7.99. The Morgan fingerprint density at radius 2 is 2.12 bits per heavy atom. The standard InChI is InChI=1S/C9H7NO6/c11-5-7-3-1-2-4-8(7)16-9(12)6-15-10(13)14/h1-5H,6H2.